The van der Waals surface area contributed by atoms with Crippen LogP contribution in [0.2, 0.25) is 5.02 Å². The van der Waals surface area contributed by atoms with Crippen LogP contribution in [0, 0.1) is 11.6 Å². The number of aromatic nitrogens is 1. The first kappa shape index (κ1) is 16.8. The van der Waals surface area contributed by atoms with Gasteiger partial charge in [0.2, 0.25) is 5.91 Å². The van der Waals surface area contributed by atoms with Crippen LogP contribution in [-0.4, -0.2) is 24.0 Å². The van der Waals surface area contributed by atoms with Gasteiger partial charge in [0.15, 0.2) is 0 Å². The Balaban J connectivity index is 2.22. The summed E-state index contributed by atoms with van der Waals surface area (Å²) in [6.45, 7) is 0. The van der Waals surface area contributed by atoms with Gasteiger partial charge >= 0.3 is 5.97 Å². The lowest BCUT2D eigenvalue weighted by Gasteiger charge is -2.10. The second-order valence-electron chi connectivity index (χ2n) is 4.46. The molecular weight excluding hydrogens is 330 g/mol. The van der Waals surface area contributed by atoms with E-state index >= 15 is 0 Å². The molecule has 1 aromatic heterocycles. The van der Waals surface area contributed by atoms with Crippen molar-refractivity contribution in [1.29, 1.82) is 0 Å². The summed E-state index contributed by atoms with van der Waals surface area (Å²) in [5, 5.41) is 1.97. The zero-order valence-corrected chi connectivity index (χ0v) is 12.7. The monoisotopic (exact) mass is 340 g/mol. The van der Waals surface area contributed by atoms with Gasteiger partial charge in [-0.3, -0.25) is 9.78 Å². The smallest absolute Gasteiger partial charge is 0.341 e. The van der Waals surface area contributed by atoms with E-state index in [9.17, 15) is 18.4 Å². The molecule has 0 bridgehead atoms. The van der Waals surface area contributed by atoms with E-state index in [0.29, 0.717) is 0 Å². The van der Waals surface area contributed by atoms with E-state index in [1.807, 2.05) is 0 Å². The Kier molecular flexibility index (Phi) is 5.23. The number of methoxy groups -OCH3 is 1. The molecule has 120 valence electrons. The van der Waals surface area contributed by atoms with Gasteiger partial charge in [-0.05, 0) is 18.2 Å². The Morgan fingerprint density at radius 1 is 1.26 bits per heavy atom. The molecule has 1 aromatic carbocycles. The molecule has 1 heterocycles. The molecule has 23 heavy (non-hydrogen) atoms. The first-order chi connectivity index (χ1) is 10.9. The van der Waals surface area contributed by atoms with Crippen molar-refractivity contribution in [3.8, 4) is 0 Å². The van der Waals surface area contributed by atoms with Crippen LogP contribution in [0.4, 0.5) is 14.5 Å². The van der Waals surface area contributed by atoms with Crippen LogP contribution in [-0.2, 0) is 16.0 Å². The molecule has 0 aliphatic heterocycles. The van der Waals surface area contributed by atoms with E-state index in [1.54, 1.807) is 0 Å². The Hall–Kier alpha value is -2.54. The maximum atomic E-state index is 13.7. The Bertz CT molecular complexity index is 768. The molecule has 2 aromatic rings. The van der Waals surface area contributed by atoms with E-state index < -0.39 is 35.0 Å². The average Bonchev–Trinajstić information content (AvgIpc) is 2.55. The van der Waals surface area contributed by atoms with Crippen molar-refractivity contribution >= 4 is 29.2 Å². The summed E-state index contributed by atoms with van der Waals surface area (Å²) in [6.07, 6.45) is 2.08. The minimum atomic E-state index is -0.824. The van der Waals surface area contributed by atoms with Crippen LogP contribution in [0.3, 0.4) is 0 Å². The number of carbonyl (C=O) groups is 2. The molecule has 0 unspecified atom stereocenters. The zero-order chi connectivity index (χ0) is 17.0. The number of amides is 1. The van der Waals surface area contributed by atoms with Crippen LogP contribution in [0.15, 0.2) is 30.6 Å². The number of hydrogen-bond donors (Lipinski definition) is 1. The number of anilines is 1. The number of benzene rings is 1. The molecule has 0 aliphatic carbocycles. The number of hydrogen-bond acceptors (Lipinski definition) is 4. The summed E-state index contributed by atoms with van der Waals surface area (Å²) >= 11 is 5.67. The predicted molar refractivity (Wildman–Crippen MR) is 79.3 cm³/mol. The maximum absolute atomic E-state index is 13.7. The number of pyridine rings is 1. The maximum Gasteiger partial charge on any atom is 0.341 e. The summed E-state index contributed by atoms with van der Waals surface area (Å²) in [5.74, 6) is -2.99. The van der Waals surface area contributed by atoms with E-state index in [4.69, 9.17) is 11.6 Å². The van der Waals surface area contributed by atoms with E-state index in [2.05, 4.69) is 15.0 Å². The van der Waals surface area contributed by atoms with Crippen molar-refractivity contribution in [2.75, 3.05) is 12.4 Å². The van der Waals surface area contributed by atoms with Gasteiger partial charge in [0.05, 0.1) is 24.2 Å². The van der Waals surface area contributed by atoms with Crippen LogP contribution in [0.1, 0.15) is 15.9 Å². The lowest BCUT2D eigenvalue weighted by Crippen LogP contribution is -2.18. The largest absolute Gasteiger partial charge is 0.465 e. The van der Waals surface area contributed by atoms with Gasteiger partial charge in [-0.25, -0.2) is 13.6 Å². The van der Waals surface area contributed by atoms with Crippen LogP contribution in [0.25, 0.3) is 0 Å². The Morgan fingerprint density at radius 3 is 2.65 bits per heavy atom. The van der Waals surface area contributed by atoms with Gasteiger partial charge in [0.1, 0.15) is 17.2 Å². The Labute approximate surface area is 135 Å². The molecule has 0 saturated carbocycles. The highest BCUT2D eigenvalue weighted by molar-refractivity contribution is 6.31. The van der Waals surface area contributed by atoms with Gasteiger partial charge in [-0.1, -0.05) is 11.6 Å². The predicted octanol–water partition coefficient (Wildman–Crippen LogP) is 2.98. The molecule has 0 aliphatic rings. The van der Waals surface area contributed by atoms with Crippen molar-refractivity contribution in [2.45, 2.75) is 6.42 Å². The van der Waals surface area contributed by atoms with Gasteiger partial charge < -0.3 is 10.1 Å². The molecule has 8 heteroatoms. The fourth-order valence-electron chi connectivity index (χ4n) is 1.86. The lowest BCUT2D eigenvalue weighted by molar-refractivity contribution is -0.115. The van der Waals surface area contributed by atoms with Crippen LogP contribution in [0.5, 0.6) is 0 Å². The number of ether oxygens (including phenoxy) is 1. The van der Waals surface area contributed by atoms with E-state index in [1.165, 1.54) is 25.6 Å². The quantitative estimate of drug-likeness (QED) is 0.686. The molecule has 0 fully saturated rings. The third-order valence-corrected chi connectivity index (χ3v) is 3.39. The number of carbonyl (C=O) groups excluding carboxylic acids is 2. The highest BCUT2D eigenvalue weighted by atomic mass is 35.5. The molecule has 0 saturated heterocycles. The molecule has 1 amide bonds. The number of nitrogens with one attached hydrogen (secondary N) is 1. The van der Waals surface area contributed by atoms with Crippen molar-refractivity contribution < 1.29 is 23.1 Å². The third-order valence-electron chi connectivity index (χ3n) is 2.98. The molecule has 0 radical (unpaired) electrons. The number of halogens is 3. The topological polar surface area (TPSA) is 68.3 Å². The van der Waals surface area contributed by atoms with Gasteiger partial charge in [0.25, 0.3) is 0 Å². The summed E-state index contributed by atoms with van der Waals surface area (Å²) in [4.78, 5) is 27.4. The minimum Gasteiger partial charge on any atom is -0.465 e. The molecule has 0 atom stereocenters. The van der Waals surface area contributed by atoms with Crippen molar-refractivity contribution in [3.05, 3.63) is 58.4 Å². The van der Waals surface area contributed by atoms with E-state index in [0.717, 1.165) is 12.1 Å². The van der Waals surface area contributed by atoms with Gasteiger partial charge in [-0.15, -0.1) is 0 Å². The fourth-order valence-corrected chi connectivity index (χ4v) is 2.08. The molecule has 0 spiro atoms. The lowest BCUT2D eigenvalue weighted by atomic mass is 10.1. The third kappa shape index (κ3) is 3.81. The second kappa shape index (κ2) is 7.15. The zero-order valence-electron chi connectivity index (χ0n) is 11.9. The van der Waals surface area contributed by atoms with Crippen molar-refractivity contribution in [1.82, 2.24) is 4.98 Å². The fraction of sp³-hybridized carbons (Fsp3) is 0.133. The van der Waals surface area contributed by atoms with Crippen molar-refractivity contribution in [2.24, 2.45) is 0 Å². The Morgan fingerprint density at radius 2 is 1.96 bits per heavy atom. The standard InChI is InChI=1S/C15H11ClF2N2O3/c1-23-15(22)9-7-19-5-4-12(9)20-13(21)6-8-10(17)2-3-11(18)14(8)16/h2-5,7H,6H2,1H3,(H,19,20,21). The second-order valence-corrected chi connectivity index (χ2v) is 4.84. The summed E-state index contributed by atoms with van der Waals surface area (Å²) < 4.78 is 31.6. The summed E-state index contributed by atoms with van der Waals surface area (Å²) in [5.41, 5.74) is -0.0863. The minimum absolute atomic E-state index is 0.0363. The SMILES string of the molecule is COC(=O)c1cnccc1NC(=O)Cc1c(F)ccc(F)c1Cl. The van der Waals surface area contributed by atoms with Crippen LogP contribution < -0.4 is 5.32 Å². The first-order valence-electron chi connectivity index (χ1n) is 6.38. The first-order valence-corrected chi connectivity index (χ1v) is 6.76. The van der Waals surface area contributed by atoms with Crippen LogP contribution >= 0.6 is 11.6 Å². The molecular formula is C15H11ClF2N2O3. The normalized spacial score (nSPS) is 10.3. The number of nitrogens with zero attached hydrogens (tertiary/aromatic N) is 1. The van der Waals surface area contributed by atoms with Gasteiger partial charge in [0, 0.05) is 18.0 Å². The molecule has 2 rings (SSSR count). The molecule has 5 nitrogen and oxygen atoms in total. The average molecular weight is 341 g/mol. The summed E-state index contributed by atoms with van der Waals surface area (Å²) in [7, 11) is 1.18. The highest BCUT2D eigenvalue weighted by Gasteiger charge is 2.18. The van der Waals surface area contributed by atoms with Gasteiger partial charge in [-0.2, -0.15) is 0 Å². The number of rotatable bonds is 4. The molecule has 1 N–H and O–H groups in total. The highest BCUT2D eigenvalue weighted by Crippen LogP contribution is 2.24. The summed E-state index contributed by atoms with van der Waals surface area (Å²) in [6, 6.07) is 3.14. The van der Waals surface area contributed by atoms with Crippen molar-refractivity contribution in [3.63, 3.8) is 0 Å². The number of esters is 1. The van der Waals surface area contributed by atoms with E-state index in [-0.39, 0.29) is 16.8 Å².